The number of anilines is 2. The van der Waals surface area contributed by atoms with Crippen molar-refractivity contribution in [1.29, 1.82) is 5.26 Å². The maximum absolute atomic E-state index is 13.8. The number of hydrogen-bond donors (Lipinski definition) is 0. The first kappa shape index (κ1) is 29.6. The highest BCUT2D eigenvalue weighted by Crippen LogP contribution is 2.40. The number of ether oxygens (including phenoxy) is 1. The van der Waals surface area contributed by atoms with Gasteiger partial charge in [-0.25, -0.2) is 4.39 Å². The summed E-state index contributed by atoms with van der Waals surface area (Å²) in [6.07, 6.45) is 6.92. The summed E-state index contributed by atoms with van der Waals surface area (Å²) >= 11 is 6.74. The number of likely N-dealkylation sites (tertiary alicyclic amines) is 1. The zero-order valence-corrected chi connectivity index (χ0v) is 25.5. The number of aromatic nitrogens is 2. The molecule has 2 aromatic rings. The average Bonchev–Trinajstić information content (AvgIpc) is 3.43. The van der Waals surface area contributed by atoms with Crippen LogP contribution in [0.15, 0.2) is 30.6 Å². The van der Waals surface area contributed by atoms with Gasteiger partial charge in [0.1, 0.15) is 12.4 Å². The molecular weight excluding hydrogens is 569 g/mol. The fourth-order valence-corrected chi connectivity index (χ4v) is 7.56. The molecule has 2 fully saturated rings. The molecule has 0 unspecified atom stereocenters. The molecule has 6 rings (SSSR count). The number of fused-ring (bicyclic) bond motifs is 2. The van der Waals surface area contributed by atoms with E-state index in [-0.39, 0.29) is 19.0 Å². The second-order valence-corrected chi connectivity index (χ2v) is 12.6. The largest absolute Gasteiger partial charge is 0.462 e. The normalized spacial score (nSPS) is 23.9. The Morgan fingerprint density at radius 3 is 2.79 bits per heavy atom. The Kier molecular flexibility index (Phi) is 8.73. The van der Waals surface area contributed by atoms with E-state index in [4.69, 9.17) is 26.3 Å². The van der Waals surface area contributed by atoms with Gasteiger partial charge in [-0.3, -0.25) is 4.79 Å². The number of piperazine rings is 1. The van der Waals surface area contributed by atoms with Crippen LogP contribution in [0.25, 0.3) is 0 Å². The lowest BCUT2D eigenvalue weighted by Crippen LogP contribution is -2.55. The highest BCUT2D eigenvalue weighted by molar-refractivity contribution is 6.33. The molecule has 43 heavy (non-hydrogen) atoms. The molecule has 0 saturated carbocycles. The SMILES string of the molecule is C=C(F)C(=O)N1CCN(c2nc(OC[C@@H]3CCCN3C)nc3c2CC[C@@H](N2CCCc4cccc(Cl)c42)C3)C[C@@H]1CC#N. The maximum atomic E-state index is 13.8. The Labute approximate surface area is 257 Å². The molecule has 9 nitrogen and oxygen atoms in total. The van der Waals surface area contributed by atoms with E-state index < -0.39 is 17.8 Å². The van der Waals surface area contributed by atoms with Crippen molar-refractivity contribution in [1.82, 2.24) is 19.8 Å². The van der Waals surface area contributed by atoms with Crippen LogP contribution in [0.3, 0.4) is 0 Å². The predicted molar refractivity (Wildman–Crippen MR) is 164 cm³/mol. The van der Waals surface area contributed by atoms with Crippen LogP contribution in [0, 0.1) is 11.3 Å². The van der Waals surface area contributed by atoms with Crippen LogP contribution in [0.2, 0.25) is 5.02 Å². The van der Waals surface area contributed by atoms with Gasteiger partial charge in [-0.1, -0.05) is 30.3 Å². The Morgan fingerprint density at radius 2 is 2.02 bits per heavy atom. The van der Waals surface area contributed by atoms with Crippen molar-refractivity contribution in [2.24, 2.45) is 0 Å². The van der Waals surface area contributed by atoms with Crippen LogP contribution >= 0.6 is 11.6 Å². The molecule has 228 valence electrons. The minimum absolute atomic E-state index is 0.0946. The molecule has 3 aliphatic heterocycles. The van der Waals surface area contributed by atoms with Crippen LogP contribution in [0.1, 0.15) is 48.9 Å². The molecule has 1 aromatic carbocycles. The number of amides is 1. The number of aryl methyl sites for hydroxylation is 1. The zero-order chi connectivity index (χ0) is 30.1. The first-order valence-electron chi connectivity index (χ1n) is 15.4. The number of carbonyl (C=O) groups is 1. The van der Waals surface area contributed by atoms with Gasteiger partial charge in [0.05, 0.1) is 34.9 Å². The van der Waals surface area contributed by atoms with Crippen molar-refractivity contribution >= 4 is 29.0 Å². The van der Waals surface area contributed by atoms with Gasteiger partial charge in [0.2, 0.25) is 0 Å². The number of likely N-dealkylation sites (N-methyl/N-ethyl adjacent to an activating group) is 1. The van der Waals surface area contributed by atoms with Crippen molar-refractivity contribution in [3.63, 3.8) is 0 Å². The summed E-state index contributed by atoms with van der Waals surface area (Å²) in [5.41, 5.74) is 4.50. The van der Waals surface area contributed by atoms with E-state index in [2.05, 4.69) is 40.5 Å². The Balaban J connectivity index is 1.30. The average molecular weight is 608 g/mol. The number of para-hydroxylation sites is 1. The summed E-state index contributed by atoms with van der Waals surface area (Å²) in [5.74, 6) is -0.962. The number of rotatable bonds is 7. The van der Waals surface area contributed by atoms with Crippen molar-refractivity contribution in [2.75, 3.05) is 56.2 Å². The second-order valence-electron chi connectivity index (χ2n) is 12.1. The van der Waals surface area contributed by atoms with Gasteiger partial charge < -0.3 is 24.3 Å². The number of nitriles is 1. The van der Waals surface area contributed by atoms with Crippen molar-refractivity contribution in [3.05, 3.63) is 52.4 Å². The summed E-state index contributed by atoms with van der Waals surface area (Å²) in [6, 6.07) is 8.81. The summed E-state index contributed by atoms with van der Waals surface area (Å²) < 4.78 is 20.1. The molecule has 0 N–H and O–H groups in total. The summed E-state index contributed by atoms with van der Waals surface area (Å²) in [4.78, 5) is 30.8. The van der Waals surface area contributed by atoms with E-state index in [1.807, 2.05) is 12.1 Å². The fourth-order valence-electron chi connectivity index (χ4n) is 7.26. The first-order valence-corrected chi connectivity index (χ1v) is 15.8. The third-order valence-corrected chi connectivity index (χ3v) is 9.83. The van der Waals surface area contributed by atoms with Crippen molar-refractivity contribution < 1.29 is 13.9 Å². The number of hydrogen-bond acceptors (Lipinski definition) is 8. The number of carbonyl (C=O) groups excluding carboxylic acids is 1. The molecule has 1 aromatic heterocycles. The lowest BCUT2D eigenvalue weighted by Gasteiger charge is -2.43. The molecule has 0 radical (unpaired) electrons. The third-order valence-electron chi connectivity index (χ3n) is 9.53. The fraction of sp³-hybridized carbons (Fsp3) is 0.562. The second kappa shape index (κ2) is 12.7. The molecule has 0 spiro atoms. The standard InChI is InChI=1S/C32H39ClFN7O2/c1-21(34)31(42)41-17-16-39(19-24(41)12-13-35)30-26-11-10-23(40-15-4-7-22-6-3-9-27(33)29(22)40)18-28(26)36-32(37-30)43-20-25-8-5-14-38(25)2/h3,6,9,23-25H,1,4-5,7-8,10-12,14-20H2,2H3/t23-,24+,25+/m1/s1. The van der Waals surface area contributed by atoms with Crippen LogP contribution in [0.4, 0.5) is 15.9 Å². The summed E-state index contributed by atoms with van der Waals surface area (Å²) in [6.45, 7) is 6.84. The van der Waals surface area contributed by atoms with E-state index in [9.17, 15) is 14.4 Å². The van der Waals surface area contributed by atoms with E-state index >= 15 is 0 Å². The Bertz CT molecular complexity index is 1430. The van der Waals surface area contributed by atoms with E-state index in [1.165, 1.54) is 10.5 Å². The molecular formula is C32H39ClFN7O2. The number of halogens is 2. The lowest BCUT2D eigenvalue weighted by molar-refractivity contribution is -0.131. The van der Waals surface area contributed by atoms with Gasteiger partial charge in [-0.05, 0) is 63.7 Å². The molecule has 4 heterocycles. The highest BCUT2D eigenvalue weighted by Gasteiger charge is 2.36. The van der Waals surface area contributed by atoms with Crippen molar-refractivity contribution in [2.45, 2.75) is 69.5 Å². The van der Waals surface area contributed by atoms with Crippen LogP contribution in [-0.2, 0) is 24.1 Å². The monoisotopic (exact) mass is 607 g/mol. The van der Waals surface area contributed by atoms with Gasteiger partial charge in [-0.2, -0.15) is 15.2 Å². The molecule has 0 bridgehead atoms. The van der Waals surface area contributed by atoms with Crippen LogP contribution in [0.5, 0.6) is 6.01 Å². The molecule has 3 atom stereocenters. The van der Waals surface area contributed by atoms with E-state index in [1.54, 1.807) is 0 Å². The molecule has 11 heteroatoms. The molecule has 4 aliphatic rings. The Hall–Kier alpha value is -3.42. The smallest absolute Gasteiger partial charge is 0.318 e. The molecule has 1 amide bonds. The van der Waals surface area contributed by atoms with Gasteiger partial charge >= 0.3 is 6.01 Å². The lowest BCUT2D eigenvalue weighted by atomic mass is 9.88. The van der Waals surface area contributed by atoms with E-state index in [0.717, 1.165) is 85.8 Å². The predicted octanol–water partition coefficient (Wildman–Crippen LogP) is 4.33. The minimum Gasteiger partial charge on any atom is -0.462 e. The van der Waals surface area contributed by atoms with Crippen molar-refractivity contribution in [3.8, 4) is 12.1 Å². The number of benzene rings is 1. The van der Waals surface area contributed by atoms with Gasteiger partial charge in [0.15, 0.2) is 5.83 Å². The topological polar surface area (TPSA) is 88.8 Å². The van der Waals surface area contributed by atoms with Crippen LogP contribution in [-0.4, -0.2) is 90.2 Å². The third kappa shape index (κ3) is 6.02. The molecule has 1 aliphatic carbocycles. The minimum atomic E-state index is -1.01. The Morgan fingerprint density at radius 1 is 1.16 bits per heavy atom. The van der Waals surface area contributed by atoms with Crippen LogP contribution < -0.4 is 14.5 Å². The van der Waals surface area contributed by atoms with E-state index in [0.29, 0.717) is 31.7 Å². The summed E-state index contributed by atoms with van der Waals surface area (Å²) in [5, 5.41) is 10.3. The van der Waals surface area contributed by atoms with Gasteiger partial charge in [0.25, 0.3) is 5.91 Å². The maximum Gasteiger partial charge on any atom is 0.318 e. The quantitative estimate of drug-likeness (QED) is 0.430. The van der Waals surface area contributed by atoms with Gasteiger partial charge in [0, 0.05) is 50.2 Å². The summed E-state index contributed by atoms with van der Waals surface area (Å²) in [7, 11) is 2.12. The first-order chi connectivity index (χ1) is 20.8. The highest BCUT2D eigenvalue weighted by atomic mass is 35.5. The number of nitrogens with zero attached hydrogens (tertiary/aromatic N) is 7. The van der Waals surface area contributed by atoms with Gasteiger partial charge in [-0.15, -0.1) is 0 Å². The molecule has 2 saturated heterocycles. The zero-order valence-electron chi connectivity index (χ0n) is 24.8.